The van der Waals surface area contributed by atoms with Crippen LogP contribution in [-0.2, 0) is 19.1 Å². The van der Waals surface area contributed by atoms with Gasteiger partial charge in [0.2, 0.25) is 5.91 Å². The van der Waals surface area contributed by atoms with Crippen LogP contribution in [0.4, 0.5) is 4.79 Å². The summed E-state index contributed by atoms with van der Waals surface area (Å²) in [5.74, 6) is -0.580. The molecule has 1 heterocycles. The van der Waals surface area contributed by atoms with E-state index in [4.69, 9.17) is 9.47 Å². The van der Waals surface area contributed by atoms with Crippen LogP contribution in [0, 0.1) is 5.92 Å². The third-order valence-electron chi connectivity index (χ3n) is 5.00. The molecular formula is C21H34N2O5. The Morgan fingerprint density at radius 2 is 1.89 bits per heavy atom. The maximum absolute atomic E-state index is 12.4. The van der Waals surface area contributed by atoms with E-state index in [2.05, 4.69) is 10.6 Å². The van der Waals surface area contributed by atoms with Crippen molar-refractivity contribution in [3.05, 3.63) is 11.6 Å². The fraction of sp³-hybridized carbons (Fsp3) is 0.762. The number of nitrogens with one attached hydrogen (secondary N) is 2. The maximum atomic E-state index is 12.4. The average Bonchev–Trinajstić information content (AvgIpc) is 2.98. The zero-order valence-corrected chi connectivity index (χ0v) is 17.5. The highest BCUT2D eigenvalue weighted by Crippen LogP contribution is 2.22. The molecule has 0 aromatic heterocycles. The molecule has 1 aliphatic carbocycles. The lowest BCUT2D eigenvalue weighted by Gasteiger charge is -2.24. The van der Waals surface area contributed by atoms with Crippen LogP contribution in [0.25, 0.3) is 0 Å². The highest BCUT2D eigenvalue weighted by atomic mass is 16.6. The molecule has 158 valence electrons. The smallest absolute Gasteiger partial charge is 0.408 e. The molecule has 7 nitrogen and oxygen atoms in total. The fourth-order valence-electron chi connectivity index (χ4n) is 3.60. The first-order valence-electron chi connectivity index (χ1n) is 10.3. The minimum absolute atomic E-state index is 0.0215. The van der Waals surface area contributed by atoms with E-state index < -0.39 is 17.7 Å². The second-order valence-corrected chi connectivity index (χ2v) is 8.78. The number of carbonyl (C=O) groups is 3. The largest absolute Gasteiger partial charge is 0.459 e. The number of ether oxygens (including phenoxy) is 2. The molecule has 7 heteroatoms. The maximum Gasteiger partial charge on any atom is 0.408 e. The molecule has 0 radical (unpaired) electrons. The first kappa shape index (κ1) is 22.2. The molecule has 28 heavy (non-hydrogen) atoms. The van der Waals surface area contributed by atoms with Crippen molar-refractivity contribution in [2.24, 2.45) is 5.92 Å². The Morgan fingerprint density at radius 1 is 1.21 bits per heavy atom. The summed E-state index contributed by atoms with van der Waals surface area (Å²) in [5.41, 5.74) is -0.192. The molecule has 2 atom stereocenters. The predicted molar refractivity (Wildman–Crippen MR) is 106 cm³/mol. The first-order valence-corrected chi connectivity index (χ1v) is 10.3. The van der Waals surface area contributed by atoms with Crippen molar-refractivity contribution in [1.29, 1.82) is 0 Å². The van der Waals surface area contributed by atoms with Crippen LogP contribution in [0.15, 0.2) is 11.6 Å². The minimum atomic E-state index is -0.627. The van der Waals surface area contributed by atoms with E-state index in [1.165, 1.54) is 6.42 Å². The van der Waals surface area contributed by atoms with E-state index in [9.17, 15) is 14.4 Å². The van der Waals surface area contributed by atoms with Gasteiger partial charge in [0, 0.05) is 18.0 Å². The van der Waals surface area contributed by atoms with Gasteiger partial charge in [0.25, 0.3) is 0 Å². The Labute approximate surface area is 167 Å². The Balaban J connectivity index is 2.02. The summed E-state index contributed by atoms with van der Waals surface area (Å²) in [6.07, 6.45) is 7.38. The molecule has 1 aliphatic heterocycles. The Morgan fingerprint density at radius 3 is 2.46 bits per heavy atom. The molecule has 0 aromatic carbocycles. The van der Waals surface area contributed by atoms with Gasteiger partial charge in [-0.05, 0) is 66.2 Å². The average molecular weight is 395 g/mol. The predicted octanol–water partition coefficient (Wildman–Crippen LogP) is 3.23. The third-order valence-corrected chi connectivity index (χ3v) is 5.00. The van der Waals surface area contributed by atoms with Crippen molar-refractivity contribution in [3.63, 3.8) is 0 Å². The number of hydrogen-bond acceptors (Lipinski definition) is 5. The third kappa shape index (κ3) is 7.52. The van der Waals surface area contributed by atoms with E-state index in [1.54, 1.807) is 33.8 Å². The molecule has 0 aromatic rings. The van der Waals surface area contributed by atoms with Gasteiger partial charge in [0.1, 0.15) is 11.7 Å². The molecule has 2 N–H and O–H groups in total. The molecule has 2 amide bonds. The van der Waals surface area contributed by atoms with Gasteiger partial charge in [-0.1, -0.05) is 12.5 Å². The van der Waals surface area contributed by atoms with Crippen LogP contribution in [0.5, 0.6) is 0 Å². The lowest BCUT2D eigenvalue weighted by Crippen LogP contribution is -2.40. The van der Waals surface area contributed by atoms with Crippen LogP contribution < -0.4 is 10.6 Å². The molecule has 0 bridgehead atoms. The van der Waals surface area contributed by atoms with Gasteiger partial charge in [-0.25, -0.2) is 9.59 Å². The van der Waals surface area contributed by atoms with Gasteiger partial charge < -0.3 is 20.1 Å². The normalized spacial score (nSPS) is 22.4. The molecule has 0 spiro atoms. The van der Waals surface area contributed by atoms with Gasteiger partial charge >= 0.3 is 12.1 Å². The van der Waals surface area contributed by atoms with Crippen molar-refractivity contribution in [1.82, 2.24) is 10.6 Å². The first-order chi connectivity index (χ1) is 13.1. The number of carbonyl (C=O) groups excluding carboxylic acids is 3. The minimum Gasteiger partial charge on any atom is -0.459 e. The van der Waals surface area contributed by atoms with Crippen molar-refractivity contribution < 1.29 is 23.9 Å². The topological polar surface area (TPSA) is 93.7 Å². The summed E-state index contributed by atoms with van der Waals surface area (Å²) in [4.78, 5) is 36.6. The quantitative estimate of drug-likeness (QED) is 0.533. The molecular weight excluding hydrogens is 360 g/mol. The lowest BCUT2D eigenvalue weighted by molar-refractivity contribution is -0.145. The van der Waals surface area contributed by atoms with Gasteiger partial charge in [0.05, 0.1) is 6.04 Å². The highest BCUT2D eigenvalue weighted by molar-refractivity contribution is 5.88. The standard InChI is InChI=1S/C21H34N2O5/c1-14(19(25)27-17-8-6-5-7-9-17)12-16(13-15-10-11-22-18(15)24)23-20(26)28-21(2,3)4/h12,15-17H,5-11,13H2,1-4H3,(H,22,24)(H,23,26)/t15-,16+/m0/s1. The summed E-state index contributed by atoms with van der Waals surface area (Å²) in [5, 5.41) is 5.59. The summed E-state index contributed by atoms with van der Waals surface area (Å²) in [6.45, 7) is 7.68. The summed E-state index contributed by atoms with van der Waals surface area (Å²) < 4.78 is 10.9. The van der Waals surface area contributed by atoms with E-state index in [0.29, 0.717) is 25.0 Å². The molecule has 0 unspecified atom stereocenters. The Bertz CT molecular complexity index is 602. The van der Waals surface area contributed by atoms with Gasteiger partial charge in [0.15, 0.2) is 0 Å². The monoisotopic (exact) mass is 394 g/mol. The van der Waals surface area contributed by atoms with Gasteiger partial charge in [-0.15, -0.1) is 0 Å². The summed E-state index contributed by atoms with van der Waals surface area (Å²) in [6, 6.07) is -0.484. The van der Waals surface area contributed by atoms with Gasteiger partial charge in [-0.3, -0.25) is 4.79 Å². The molecule has 1 saturated carbocycles. The van der Waals surface area contributed by atoms with E-state index >= 15 is 0 Å². The second kappa shape index (κ2) is 9.94. The number of esters is 1. The number of rotatable bonds is 6. The zero-order chi connectivity index (χ0) is 20.7. The molecule has 2 rings (SSSR count). The van der Waals surface area contributed by atoms with E-state index in [-0.39, 0.29) is 23.9 Å². The SMILES string of the molecule is CC(=C[C@H](C[C@@H]1CCNC1=O)NC(=O)OC(C)(C)C)C(=O)OC1CCCCC1. The number of amides is 2. The Hall–Kier alpha value is -2.05. The van der Waals surface area contributed by atoms with Crippen LogP contribution in [0.2, 0.25) is 0 Å². The van der Waals surface area contributed by atoms with Crippen molar-refractivity contribution in [3.8, 4) is 0 Å². The summed E-state index contributed by atoms with van der Waals surface area (Å²) in [7, 11) is 0. The molecule has 1 saturated heterocycles. The zero-order valence-electron chi connectivity index (χ0n) is 17.5. The van der Waals surface area contributed by atoms with Gasteiger partial charge in [-0.2, -0.15) is 0 Å². The van der Waals surface area contributed by atoms with Crippen LogP contribution in [0.3, 0.4) is 0 Å². The number of hydrogen-bond donors (Lipinski definition) is 2. The van der Waals surface area contributed by atoms with Crippen LogP contribution in [0.1, 0.15) is 72.6 Å². The van der Waals surface area contributed by atoms with E-state index in [1.807, 2.05) is 0 Å². The van der Waals surface area contributed by atoms with Crippen LogP contribution >= 0.6 is 0 Å². The Kier molecular flexibility index (Phi) is 7.89. The molecule has 2 fully saturated rings. The number of alkyl carbamates (subject to hydrolysis) is 1. The van der Waals surface area contributed by atoms with Crippen molar-refractivity contribution in [2.45, 2.75) is 90.4 Å². The summed E-state index contributed by atoms with van der Waals surface area (Å²) >= 11 is 0. The van der Waals surface area contributed by atoms with Crippen LogP contribution in [-0.4, -0.2) is 42.3 Å². The second-order valence-electron chi connectivity index (χ2n) is 8.78. The highest BCUT2D eigenvalue weighted by Gasteiger charge is 2.29. The van der Waals surface area contributed by atoms with E-state index in [0.717, 1.165) is 25.7 Å². The van der Waals surface area contributed by atoms with Crippen molar-refractivity contribution >= 4 is 18.0 Å². The molecule has 2 aliphatic rings. The van der Waals surface area contributed by atoms with Crippen molar-refractivity contribution in [2.75, 3.05) is 6.54 Å². The lowest BCUT2D eigenvalue weighted by atomic mass is 9.96. The fourth-order valence-corrected chi connectivity index (χ4v) is 3.60.